The molecule has 0 aliphatic heterocycles. The largest absolute Gasteiger partial charge is 0.292 e. The van der Waals surface area contributed by atoms with E-state index in [1.54, 1.807) is 0 Å². The molecule has 1 aromatic carbocycles. The van der Waals surface area contributed by atoms with Crippen molar-refractivity contribution >= 4 is 20.2 Å². The summed E-state index contributed by atoms with van der Waals surface area (Å²) in [6.45, 7) is 0. The van der Waals surface area contributed by atoms with Gasteiger partial charge >= 0.3 is 0 Å². The Balaban J connectivity index is 2.40. The zero-order valence-corrected chi connectivity index (χ0v) is 13.2. The molecular weight excluding hydrogens is 328 g/mol. The smallest absolute Gasteiger partial charge is 0.284 e. The van der Waals surface area contributed by atoms with Crippen molar-refractivity contribution in [3.05, 3.63) is 60.2 Å². The molecule has 0 aromatic heterocycles. The Morgan fingerprint density at radius 2 is 1.55 bits per heavy atom. The van der Waals surface area contributed by atoms with Crippen molar-refractivity contribution in [2.24, 2.45) is 5.92 Å². The van der Waals surface area contributed by atoms with Crippen molar-refractivity contribution in [3.63, 3.8) is 0 Å². The van der Waals surface area contributed by atoms with E-state index in [0.717, 1.165) is 11.6 Å². The maximum absolute atomic E-state index is 11.7. The molecule has 2 N–H and O–H groups in total. The van der Waals surface area contributed by atoms with Crippen LogP contribution >= 0.6 is 0 Å². The Hall–Kier alpha value is -1.48. The lowest BCUT2D eigenvalue weighted by atomic mass is 9.92. The number of hydrogen-bond donors (Lipinski definition) is 2. The minimum atomic E-state index is -5.07. The van der Waals surface area contributed by atoms with Gasteiger partial charge in [0.05, 0.1) is 0 Å². The molecule has 0 amide bonds. The fourth-order valence-electron chi connectivity index (χ4n) is 2.60. The van der Waals surface area contributed by atoms with Gasteiger partial charge in [-0.2, -0.15) is 16.8 Å². The van der Waals surface area contributed by atoms with Crippen LogP contribution in [-0.2, 0) is 26.7 Å². The highest BCUT2D eigenvalue weighted by Crippen LogP contribution is 2.39. The van der Waals surface area contributed by atoms with Crippen LogP contribution in [0.5, 0.6) is 0 Å². The molecule has 1 atom stereocenters. The van der Waals surface area contributed by atoms with Crippen LogP contribution in [0.15, 0.2) is 54.6 Å². The molecule has 22 heavy (non-hydrogen) atoms. The van der Waals surface area contributed by atoms with E-state index in [4.69, 9.17) is 0 Å². The molecule has 0 spiro atoms. The highest BCUT2D eigenvalue weighted by atomic mass is 32.3. The lowest BCUT2D eigenvalue weighted by molar-refractivity contribution is 0.402. The summed E-state index contributed by atoms with van der Waals surface area (Å²) in [7, 11) is -10.1. The van der Waals surface area contributed by atoms with Crippen molar-refractivity contribution in [3.8, 4) is 0 Å². The molecule has 0 fully saturated rings. The van der Waals surface area contributed by atoms with Gasteiger partial charge in [-0.3, -0.25) is 9.11 Å². The average Bonchev–Trinajstić information content (AvgIpc) is 2.44. The van der Waals surface area contributed by atoms with Gasteiger partial charge in [0.2, 0.25) is 4.08 Å². The number of allylic oxidation sites excluding steroid dienone is 3. The Morgan fingerprint density at radius 3 is 2.09 bits per heavy atom. The van der Waals surface area contributed by atoms with Crippen LogP contribution in [0.4, 0.5) is 0 Å². The van der Waals surface area contributed by atoms with E-state index < -0.39 is 30.2 Å². The van der Waals surface area contributed by atoms with Crippen LogP contribution in [-0.4, -0.2) is 30.0 Å². The monoisotopic (exact) mass is 344 g/mol. The van der Waals surface area contributed by atoms with Gasteiger partial charge in [-0.15, -0.1) is 0 Å². The quantitative estimate of drug-likeness (QED) is 0.789. The second-order valence-corrected chi connectivity index (χ2v) is 8.56. The van der Waals surface area contributed by atoms with E-state index in [2.05, 4.69) is 0 Å². The van der Waals surface area contributed by atoms with E-state index in [1.165, 1.54) is 18.2 Å². The Kier molecular flexibility index (Phi) is 4.57. The third-order valence-electron chi connectivity index (χ3n) is 3.69. The van der Waals surface area contributed by atoms with E-state index >= 15 is 0 Å². The number of rotatable bonds is 5. The molecule has 8 heteroatoms. The molecule has 120 valence electrons. The van der Waals surface area contributed by atoms with Crippen molar-refractivity contribution < 1.29 is 25.9 Å². The van der Waals surface area contributed by atoms with Gasteiger partial charge in [0.1, 0.15) is 0 Å². The Bertz CT molecular complexity index is 759. The number of benzene rings is 1. The highest BCUT2D eigenvalue weighted by molar-refractivity contribution is 8.05. The summed E-state index contributed by atoms with van der Waals surface area (Å²) in [5.74, 6) is -1.09. The molecule has 0 radical (unpaired) electrons. The zero-order valence-electron chi connectivity index (χ0n) is 11.5. The van der Waals surface area contributed by atoms with E-state index in [0.29, 0.717) is 6.42 Å². The summed E-state index contributed by atoms with van der Waals surface area (Å²) in [4.78, 5) is 0. The molecule has 2 rings (SSSR count). The second kappa shape index (κ2) is 5.96. The lowest BCUT2D eigenvalue weighted by Gasteiger charge is -2.32. The summed E-state index contributed by atoms with van der Waals surface area (Å²) < 4.78 is 63.0. The molecule has 0 bridgehead atoms. The van der Waals surface area contributed by atoms with E-state index in [9.17, 15) is 25.9 Å². The van der Waals surface area contributed by atoms with E-state index in [-0.39, 0.29) is 6.42 Å². The van der Waals surface area contributed by atoms with Crippen molar-refractivity contribution in [1.82, 2.24) is 0 Å². The molecular formula is C14H16O6S2. The van der Waals surface area contributed by atoms with Gasteiger partial charge in [-0.1, -0.05) is 48.6 Å². The first-order chi connectivity index (χ1) is 10.2. The maximum atomic E-state index is 11.7. The van der Waals surface area contributed by atoms with Crippen LogP contribution in [0.1, 0.15) is 12.0 Å². The third-order valence-corrected chi connectivity index (χ3v) is 7.45. The van der Waals surface area contributed by atoms with Crippen LogP contribution in [0, 0.1) is 5.92 Å². The molecule has 1 aliphatic carbocycles. The van der Waals surface area contributed by atoms with Crippen molar-refractivity contribution in [2.45, 2.75) is 16.9 Å². The van der Waals surface area contributed by atoms with Gasteiger partial charge in [0.15, 0.2) is 0 Å². The highest BCUT2D eigenvalue weighted by Gasteiger charge is 2.57. The summed E-state index contributed by atoms with van der Waals surface area (Å²) in [6, 6.07) is 9.10. The van der Waals surface area contributed by atoms with Gasteiger partial charge in [-0.25, -0.2) is 0 Å². The second-order valence-electron chi connectivity index (χ2n) is 5.05. The number of hydrogen-bond acceptors (Lipinski definition) is 4. The van der Waals surface area contributed by atoms with Crippen molar-refractivity contribution in [2.75, 3.05) is 0 Å². The van der Waals surface area contributed by atoms with Gasteiger partial charge in [-0.05, 0) is 24.5 Å². The van der Waals surface area contributed by atoms with Crippen LogP contribution in [0.3, 0.4) is 0 Å². The minimum Gasteiger partial charge on any atom is -0.284 e. The summed E-state index contributed by atoms with van der Waals surface area (Å²) >= 11 is 0. The normalized spacial score (nSPS) is 20.9. The summed E-state index contributed by atoms with van der Waals surface area (Å²) in [5.41, 5.74) is 0.894. The fourth-order valence-corrected chi connectivity index (χ4v) is 5.32. The Morgan fingerprint density at radius 1 is 0.955 bits per heavy atom. The topological polar surface area (TPSA) is 109 Å². The van der Waals surface area contributed by atoms with Crippen molar-refractivity contribution in [1.29, 1.82) is 0 Å². The van der Waals surface area contributed by atoms with Gasteiger partial charge in [0, 0.05) is 5.92 Å². The third kappa shape index (κ3) is 3.00. The fraction of sp³-hybridized carbons (Fsp3) is 0.286. The van der Waals surface area contributed by atoms with Crippen LogP contribution < -0.4 is 0 Å². The summed E-state index contributed by atoms with van der Waals surface area (Å²) in [6.07, 6.45) is 5.38. The predicted molar refractivity (Wildman–Crippen MR) is 82.4 cm³/mol. The summed E-state index contributed by atoms with van der Waals surface area (Å²) in [5, 5.41) is 0. The predicted octanol–water partition coefficient (Wildman–Crippen LogP) is 1.83. The molecule has 6 nitrogen and oxygen atoms in total. The SMILES string of the molecule is O=S(=O)(O)C1(S(=O)(=O)O)C=CC=CC1CCc1ccccc1. The van der Waals surface area contributed by atoms with Gasteiger partial charge in [0.25, 0.3) is 20.2 Å². The maximum Gasteiger partial charge on any atom is 0.292 e. The van der Waals surface area contributed by atoms with Gasteiger partial charge < -0.3 is 0 Å². The first-order valence-electron chi connectivity index (χ1n) is 6.52. The van der Waals surface area contributed by atoms with Crippen LogP contribution in [0.2, 0.25) is 0 Å². The average molecular weight is 344 g/mol. The minimum absolute atomic E-state index is 0.129. The lowest BCUT2D eigenvalue weighted by Crippen LogP contribution is -2.50. The molecule has 0 saturated carbocycles. The molecule has 0 saturated heterocycles. The van der Waals surface area contributed by atoms with Crippen LogP contribution in [0.25, 0.3) is 0 Å². The number of aryl methyl sites for hydroxylation is 1. The first kappa shape index (κ1) is 16.9. The molecule has 0 heterocycles. The Labute approximate surface area is 129 Å². The molecule has 1 unspecified atom stereocenters. The zero-order chi connectivity index (χ0) is 16.4. The van der Waals surface area contributed by atoms with E-state index in [1.807, 2.05) is 30.3 Å². The standard InChI is InChI=1S/C14H16O6S2/c15-21(16,17)14(22(18,19)20)11-5-4-8-13(14)10-9-12-6-2-1-3-7-12/h1-8,11,13H,9-10H2,(H,15,16,17)(H,18,19,20). The molecule has 1 aromatic rings. The first-order valence-corrected chi connectivity index (χ1v) is 9.40. The molecule has 1 aliphatic rings.